The second-order valence-electron chi connectivity index (χ2n) is 6.85. The average Bonchev–Trinajstić information content (AvgIpc) is 3.22. The maximum Gasteiger partial charge on any atom is 0.243 e. The van der Waals surface area contributed by atoms with Crippen LogP contribution in [0.15, 0.2) is 59.9 Å². The lowest BCUT2D eigenvalue weighted by atomic mass is 10.1. The molecular weight excluding hydrogens is 393 g/mol. The fourth-order valence-corrected chi connectivity index (χ4v) is 5.08. The minimum absolute atomic E-state index is 0.0404. The summed E-state index contributed by atoms with van der Waals surface area (Å²) in [6.07, 6.45) is 6.08. The van der Waals surface area contributed by atoms with Gasteiger partial charge >= 0.3 is 0 Å². The minimum Gasteiger partial charge on any atom is -0.324 e. The third-order valence-corrected chi connectivity index (χ3v) is 6.79. The lowest BCUT2D eigenvalue weighted by molar-refractivity contribution is 0.390. The number of halogens is 1. The van der Waals surface area contributed by atoms with E-state index in [1.807, 2.05) is 6.07 Å². The zero-order valence-electron chi connectivity index (χ0n) is 15.8. The fraction of sp³-hybridized carbons (Fsp3) is 0.250. The SMILES string of the molecule is Cc1ccc(S(=O)(=O)N2CCCC2c2cccc(Nc3cnccn3)n2)cc1F. The largest absolute Gasteiger partial charge is 0.324 e. The molecule has 0 aliphatic carbocycles. The normalized spacial score (nSPS) is 17.4. The summed E-state index contributed by atoms with van der Waals surface area (Å²) in [5.41, 5.74) is 1.04. The number of pyridine rings is 1. The van der Waals surface area contributed by atoms with Crippen LogP contribution in [0, 0.1) is 12.7 Å². The maximum absolute atomic E-state index is 14.0. The zero-order valence-corrected chi connectivity index (χ0v) is 16.6. The summed E-state index contributed by atoms with van der Waals surface area (Å²) in [6, 6.07) is 9.00. The topological polar surface area (TPSA) is 88.1 Å². The van der Waals surface area contributed by atoms with Crippen LogP contribution in [0.4, 0.5) is 16.0 Å². The molecule has 0 radical (unpaired) electrons. The summed E-state index contributed by atoms with van der Waals surface area (Å²) < 4.78 is 41.7. The number of hydrogen-bond acceptors (Lipinski definition) is 6. The first-order valence-corrected chi connectivity index (χ1v) is 10.7. The van der Waals surface area contributed by atoms with Gasteiger partial charge in [-0.2, -0.15) is 4.31 Å². The first-order chi connectivity index (χ1) is 13.9. The first kappa shape index (κ1) is 19.4. The van der Waals surface area contributed by atoms with Gasteiger partial charge in [0, 0.05) is 18.9 Å². The molecule has 1 atom stereocenters. The van der Waals surface area contributed by atoms with E-state index in [4.69, 9.17) is 0 Å². The molecule has 3 aromatic rings. The molecule has 0 bridgehead atoms. The predicted octanol–water partition coefficient (Wildman–Crippen LogP) is 3.59. The van der Waals surface area contributed by atoms with Crippen molar-refractivity contribution < 1.29 is 12.8 Å². The third kappa shape index (κ3) is 3.96. The van der Waals surface area contributed by atoms with E-state index in [2.05, 4.69) is 20.3 Å². The summed E-state index contributed by atoms with van der Waals surface area (Å²) in [5.74, 6) is 0.562. The summed E-state index contributed by atoms with van der Waals surface area (Å²) in [5, 5.41) is 3.06. The number of hydrogen-bond donors (Lipinski definition) is 1. The van der Waals surface area contributed by atoms with Crippen molar-refractivity contribution in [3.05, 3.63) is 72.1 Å². The van der Waals surface area contributed by atoms with Gasteiger partial charge in [-0.05, 0) is 49.6 Å². The standard InChI is InChI=1S/C20H20FN5O2S/c1-14-7-8-15(12-16(14)21)29(27,28)26-11-3-5-18(26)17-4-2-6-19(24-17)25-20-13-22-9-10-23-20/h2,4,6-10,12-13,18H,3,5,11H2,1H3,(H,23,24,25). The van der Waals surface area contributed by atoms with Crippen LogP contribution < -0.4 is 5.32 Å². The van der Waals surface area contributed by atoms with Gasteiger partial charge in [-0.3, -0.25) is 4.98 Å². The maximum atomic E-state index is 14.0. The number of aromatic nitrogens is 3. The molecule has 150 valence electrons. The molecule has 4 rings (SSSR count). The smallest absolute Gasteiger partial charge is 0.243 e. The zero-order chi connectivity index (χ0) is 20.4. The summed E-state index contributed by atoms with van der Waals surface area (Å²) in [4.78, 5) is 12.7. The number of rotatable bonds is 5. The molecule has 0 amide bonds. The van der Waals surface area contributed by atoms with E-state index in [1.54, 1.807) is 37.6 Å². The van der Waals surface area contributed by atoms with Crippen molar-refractivity contribution in [2.45, 2.75) is 30.7 Å². The molecule has 1 saturated heterocycles. The summed E-state index contributed by atoms with van der Waals surface area (Å²) in [6.45, 7) is 1.97. The van der Waals surface area contributed by atoms with E-state index in [0.29, 0.717) is 42.3 Å². The highest BCUT2D eigenvalue weighted by Gasteiger charge is 2.37. The van der Waals surface area contributed by atoms with Crippen molar-refractivity contribution in [2.75, 3.05) is 11.9 Å². The van der Waals surface area contributed by atoms with Crippen LogP contribution in [-0.2, 0) is 10.0 Å². The lowest BCUT2D eigenvalue weighted by Gasteiger charge is -2.24. The van der Waals surface area contributed by atoms with Gasteiger partial charge in [0.1, 0.15) is 17.5 Å². The van der Waals surface area contributed by atoms with E-state index in [9.17, 15) is 12.8 Å². The Bertz CT molecular complexity index is 1120. The summed E-state index contributed by atoms with van der Waals surface area (Å²) in [7, 11) is -3.84. The second kappa shape index (κ2) is 7.84. The van der Waals surface area contributed by atoms with Gasteiger partial charge in [0.2, 0.25) is 10.0 Å². The van der Waals surface area contributed by atoms with E-state index in [-0.39, 0.29) is 4.90 Å². The van der Waals surface area contributed by atoms with Gasteiger partial charge in [0.25, 0.3) is 0 Å². The Morgan fingerprint density at radius 2 is 2.03 bits per heavy atom. The van der Waals surface area contributed by atoms with Crippen LogP contribution in [-0.4, -0.2) is 34.2 Å². The van der Waals surface area contributed by atoms with Crippen molar-refractivity contribution in [3.63, 3.8) is 0 Å². The molecule has 0 saturated carbocycles. The second-order valence-corrected chi connectivity index (χ2v) is 8.74. The van der Waals surface area contributed by atoms with Crippen LogP contribution in [0.5, 0.6) is 0 Å². The molecule has 7 nitrogen and oxygen atoms in total. The molecule has 1 N–H and O–H groups in total. The van der Waals surface area contributed by atoms with Gasteiger partial charge in [0.15, 0.2) is 0 Å². The van der Waals surface area contributed by atoms with E-state index in [1.165, 1.54) is 16.4 Å². The van der Waals surface area contributed by atoms with Crippen LogP contribution in [0.25, 0.3) is 0 Å². The Hall–Kier alpha value is -2.91. The van der Waals surface area contributed by atoms with E-state index in [0.717, 1.165) is 6.07 Å². The number of benzene rings is 1. The van der Waals surface area contributed by atoms with E-state index >= 15 is 0 Å². The molecule has 0 spiro atoms. The predicted molar refractivity (Wildman–Crippen MR) is 107 cm³/mol. The van der Waals surface area contributed by atoms with Gasteiger partial charge < -0.3 is 5.32 Å². The van der Waals surface area contributed by atoms with Gasteiger partial charge in [-0.1, -0.05) is 12.1 Å². The molecule has 1 aliphatic heterocycles. The van der Waals surface area contributed by atoms with Crippen molar-refractivity contribution in [3.8, 4) is 0 Å². The third-order valence-electron chi connectivity index (χ3n) is 4.88. The number of nitrogens with zero attached hydrogens (tertiary/aromatic N) is 4. The molecule has 9 heteroatoms. The van der Waals surface area contributed by atoms with E-state index < -0.39 is 21.9 Å². The van der Waals surface area contributed by atoms with Crippen molar-refractivity contribution in [1.29, 1.82) is 0 Å². The van der Waals surface area contributed by atoms with Crippen LogP contribution in [0.2, 0.25) is 0 Å². The average molecular weight is 413 g/mol. The summed E-state index contributed by atoms with van der Waals surface area (Å²) >= 11 is 0. The first-order valence-electron chi connectivity index (χ1n) is 9.23. The quantitative estimate of drug-likeness (QED) is 0.688. The highest BCUT2D eigenvalue weighted by molar-refractivity contribution is 7.89. The lowest BCUT2D eigenvalue weighted by Crippen LogP contribution is -2.31. The van der Waals surface area contributed by atoms with Crippen LogP contribution in [0.1, 0.15) is 30.1 Å². The van der Waals surface area contributed by atoms with Crippen molar-refractivity contribution in [2.24, 2.45) is 0 Å². The Morgan fingerprint density at radius 3 is 2.79 bits per heavy atom. The van der Waals surface area contributed by atoms with Crippen LogP contribution in [0.3, 0.4) is 0 Å². The molecule has 1 aromatic carbocycles. The van der Waals surface area contributed by atoms with Gasteiger partial charge in [-0.15, -0.1) is 0 Å². The van der Waals surface area contributed by atoms with Gasteiger partial charge in [-0.25, -0.2) is 22.8 Å². The van der Waals surface area contributed by atoms with Crippen molar-refractivity contribution in [1.82, 2.24) is 19.3 Å². The van der Waals surface area contributed by atoms with Gasteiger partial charge in [0.05, 0.1) is 22.8 Å². The molecular formula is C20H20FN5O2S. The molecule has 29 heavy (non-hydrogen) atoms. The molecule has 1 aliphatic rings. The molecule has 3 heterocycles. The highest BCUT2D eigenvalue weighted by Crippen LogP contribution is 2.36. The van der Waals surface area contributed by atoms with Crippen LogP contribution >= 0.6 is 0 Å². The monoisotopic (exact) mass is 413 g/mol. The Balaban J connectivity index is 1.63. The number of anilines is 2. The Kier molecular flexibility index (Phi) is 5.25. The minimum atomic E-state index is -3.84. The molecule has 1 unspecified atom stereocenters. The number of aryl methyl sites for hydroxylation is 1. The highest BCUT2D eigenvalue weighted by atomic mass is 32.2. The molecule has 1 fully saturated rings. The Labute approximate surface area is 168 Å². The fourth-order valence-electron chi connectivity index (χ4n) is 3.39. The van der Waals surface area contributed by atoms with Crippen molar-refractivity contribution >= 4 is 21.7 Å². The Morgan fingerprint density at radius 1 is 1.17 bits per heavy atom. The number of sulfonamides is 1. The molecule has 2 aromatic heterocycles. The number of nitrogens with one attached hydrogen (secondary N) is 1.